The second kappa shape index (κ2) is 8.82. The van der Waals surface area contributed by atoms with Crippen LogP contribution in [-0.2, 0) is 16.1 Å². The number of aromatic nitrogens is 1. The number of ketones is 1. The number of hydrogen-bond donors (Lipinski definition) is 1. The molecule has 182 valence electrons. The standard InChI is InChI=1S/C27H27FN2O4S/c1-16-6-7-21-24(23(16)28)30(15-22(32)29-10-8-27(9-11-29)13-19(31)14-27)17(2)25(21)35-20-5-3-4-18(12-20)26(33)34/h3-7,12H,8-11,13-15H2,1-2H3,(H,33,34). The van der Waals surface area contributed by atoms with E-state index in [1.165, 1.54) is 17.8 Å². The molecule has 2 heterocycles. The van der Waals surface area contributed by atoms with E-state index < -0.39 is 5.97 Å². The Morgan fingerprint density at radius 3 is 2.49 bits per heavy atom. The lowest BCUT2D eigenvalue weighted by atomic mass is 9.62. The lowest BCUT2D eigenvalue weighted by Gasteiger charge is -2.46. The first-order valence-corrected chi connectivity index (χ1v) is 12.6. The van der Waals surface area contributed by atoms with E-state index in [0.29, 0.717) is 48.2 Å². The number of hydrogen-bond acceptors (Lipinski definition) is 4. The van der Waals surface area contributed by atoms with E-state index in [1.54, 1.807) is 29.7 Å². The molecule has 1 aromatic heterocycles. The van der Waals surface area contributed by atoms with Crippen LogP contribution in [-0.4, -0.2) is 45.3 Å². The number of halogens is 1. The molecule has 5 rings (SSSR count). The molecule has 2 fully saturated rings. The van der Waals surface area contributed by atoms with Crippen LogP contribution in [0.2, 0.25) is 0 Å². The Bertz CT molecular complexity index is 1360. The predicted octanol–water partition coefficient (Wildman–Crippen LogP) is 5.22. The number of carbonyl (C=O) groups is 3. The van der Waals surface area contributed by atoms with Crippen LogP contribution >= 0.6 is 11.8 Å². The van der Waals surface area contributed by atoms with Gasteiger partial charge in [0.2, 0.25) is 5.91 Å². The maximum absolute atomic E-state index is 15.4. The number of rotatable bonds is 5. The fraction of sp³-hybridized carbons (Fsp3) is 0.370. The van der Waals surface area contributed by atoms with Gasteiger partial charge in [0, 0.05) is 46.8 Å². The first-order valence-electron chi connectivity index (χ1n) is 11.8. The number of Topliss-reactive ketones (excluding diaryl/α,β-unsaturated/α-hetero) is 1. The minimum Gasteiger partial charge on any atom is -0.478 e. The van der Waals surface area contributed by atoms with Gasteiger partial charge in [0.05, 0.1) is 11.1 Å². The minimum atomic E-state index is -1.01. The molecular weight excluding hydrogens is 467 g/mol. The molecule has 1 N–H and O–H groups in total. The number of aromatic carboxylic acids is 1. The second-order valence-electron chi connectivity index (χ2n) is 9.80. The van der Waals surface area contributed by atoms with Gasteiger partial charge in [-0.15, -0.1) is 0 Å². The number of carboxylic acid groups (broad SMARTS) is 1. The normalized spacial score (nSPS) is 17.1. The average Bonchev–Trinajstić information content (AvgIpc) is 3.07. The molecular formula is C27H27FN2O4S. The van der Waals surface area contributed by atoms with E-state index in [4.69, 9.17) is 0 Å². The lowest BCUT2D eigenvalue weighted by Crippen LogP contribution is -2.49. The molecule has 0 bridgehead atoms. The highest BCUT2D eigenvalue weighted by molar-refractivity contribution is 7.99. The molecule has 6 nitrogen and oxygen atoms in total. The molecule has 1 saturated carbocycles. The summed E-state index contributed by atoms with van der Waals surface area (Å²) in [6.07, 6.45) is 2.93. The molecule has 1 aliphatic heterocycles. The summed E-state index contributed by atoms with van der Waals surface area (Å²) in [7, 11) is 0. The van der Waals surface area contributed by atoms with Gasteiger partial charge in [-0.25, -0.2) is 9.18 Å². The monoisotopic (exact) mass is 494 g/mol. The van der Waals surface area contributed by atoms with Gasteiger partial charge < -0.3 is 14.6 Å². The van der Waals surface area contributed by atoms with Gasteiger partial charge in [-0.3, -0.25) is 9.59 Å². The molecule has 8 heteroatoms. The van der Waals surface area contributed by atoms with Gasteiger partial charge in [0.15, 0.2) is 0 Å². The highest BCUT2D eigenvalue weighted by atomic mass is 32.2. The molecule has 3 aromatic rings. The summed E-state index contributed by atoms with van der Waals surface area (Å²) in [5, 5.41) is 10.0. The van der Waals surface area contributed by atoms with Crippen molar-refractivity contribution in [3.8, 4) is 0 Å². The fourth-order valence-electron chi connectivity index (χ4n) is 5.34. The first kappa shape index (κ1) is 23.6. The largest absolute Gasteiger partial charge is 0.478 e. The van der Waals surface area contributed by atoms with Crippen molar-refractivity contribution in [1.82, 2.24) is 9.47 Å². The Balaban J connectivity index is 1.45. The maximum atomic E-state index is 15.4. The zero-order valence-corrected chi connectivity index (χ0v) is 20.6. The van der Waals surface area contributed by atoms with Crippen molar-refractivity contribution in [2.75, 3.05) is 13.1 Å². The Hall–Kier alpha value is -3.13. The van der Waals surface area contributed by atoms with Crippen LogP contribution in [0.1, 0.15) is 47.3 Å². The van der Waals surface area contributed by atoms with E-state index in [9.17, 15) is 19.5 Å². The first-order chi connectivity index (χ1) is 16.7. The van der Waals surface area contributed by atoms with E-state index in [-0.39, 0.29) is 29.2 Å². The third kappa shape index (κ3) is 4.24. The van der Waals surface area contributed by atoms with E-state index in [0.717, 1.165) is 28.3 Å². The number of nitrogens with zero attached hydrogens (tertiary/aromatic N) is 2. The van der Waals surface area contributed by atoms with Gasteiger partial charge in [0.1, 0.15) is 18.1 Å². The summed E-state index contributed by atoms with van der Waals surface area (Å²) in [5.74, 6) is -1.11. The van der Waals surface area contributed by atoms with Crippen molar-refractivity contribution in [2.45, 2.75) is 55.9 Å². The third-order valence-corrected chi connectivity index (χ3v) is 8.68. The smallest absolute Gasteiger partial charge is 0.335 e. The zero-order chi connectivity index (χ0) is 24.9. The number of carbonyl (C=O) groups excluding carboxylic acids is 2. The predicted molar refractivity (Wildman–Crippen MR) is 131 cm³/mol. The van der Waals surface area contributed by atoms with Crippen molar-refractivity contribution < 1.29 is 23.9 Å². The van der Waals surface area contributed by atoms with Crippen LogP contribution in [0.15, 0.2) is 46.2 Å². The van der Waals surface area contributed by atoms with Gasteiger partial charge in [-0.2, -0.15) is 0 Å². The highest BCUT2D eigenvalue weighted by Gasteiger charge is 2.45. The van der Waals surface area contributed by atoms with Crippen LogP contribution in [0.25, 0.3) is 10.9 Å². The summed E-state index contributed by atoms with van der Waals surface area (Å²) in [4.78, 5) is 39.5. The molecule has 0 unspecified atom stereocenters. The van der Waals surface area contributed by atoms with Crippen LogP contribution in [0.3, 0.4) is 0 Å². The molecule has 1 saturated heterocycles. The van der Waals surface area contributed by atoms with Crippen LogP contribution in [0.5, 0.6) is 0 Å². The van der Waals surface area contributed by atoms with E-state index in [1.807, 2.05) is 24.0 Å². The molecule has 0 atom stereocenters. The summed E-state index contributed by atoms with van der Waals surface area (Å²) in [6, 6.07) is 10.2. The number of amides is 1. The van der Waals surface area contributed by atoms with Gasteiger partial charge in [-0.05, 0) is 55.9 Å². The van der Waals surface area contributed by atoms with Crippen molar-refractivity contribution in [3.63, 3.8) is 0 Å². The van der Waals surface area contributed by atoms with Crippen molar-refractivity contribution in [3.05, 3.63) is 59.0 Å². The number of benzene rings is 2. The quantitative estimate of drug-likeness (QED) is 0.526. The Kier molecular flexibility index (Phi) is 5.95. The minimum absolute atomic E-state index is 0.0321. The molecule has 0 radical (unpaired) electrons. The summed E-state index contributed by atoms with van der Waals surface area (Å²) in [6.45, 7) is 4.85. The lowest BCUT2D eigenvalue weighted by molar-refractivity contribution is -0.140. The summed E-state index contributed by atoms with van der Waals surface area (Å²) in [5.41, 5.74) is 1.93. The SMILES string of the molecule is Cc1ccc2c(Sc3cccc(C(=O)O)c3)c(C)n(CC(=O)N3CCC4(CC3)CC(=O)C4)c2c1F. The number of piperidine rings is 1. The molecule has 2 aromatic carbocycles. The van der Waals surface area contributed by atoms with Crippen molar-refractivity contribution in [1.29, 1.82) is 0 Å². The number of aryl methyl sites for hydroxylation is 1. The van der Waals surface area contributed by atoms with Crippen molar-refractivity contribution >= 4 is 40.3 Å². The Morgan fingerprint density at radius 1 is 1.11 bits per heavy atom. The Labute approximate surface area is 207 Å². The number of carboxylic acids is 1. The molecule has 1 spiro atoms. The van der Waals surface area contributed by atoms with Crippen molar-refractivity contribution in [2.24, 2.45) is 5.41 Å². The molecule has 1 amide bonds. The Morgan fingerprint density at radius 2 is 1.83 bits per heavy atom. The van der Waals surface area contributed by atoms with Crippen LogP contribution in [0.4, 0.5) is 4.39 Å². The average molecular weight is 495 g/mol. The van der Waals surface area contributed by atoms with Crippen LogP contribution in [0, 0.1) is 25.1 Å². The van der Waals surface area contributed by atoms with Gasteiger partial charge >= 0.3 is 5.97 Å². The number of likely N-dealkylation sites (tertiary alicyclic amines) is 1. The summed E-state index contributed by atoms with van der Waals surface area (Å²) >= 11 is 1.38. The molecule has 35 heavy (non-hydrogen) atoms. The second-order valence-corrected chi connectivity index (χ2v) is 10.9. The zero-order valence-electron chi connectivity index (χ0n) is 19.8. The van der Waals surface area contributed by atoms with E-state index in [2.05, 4.69) is 0 Å². The number of fused-ring (bicyclic) bond motifs is 1. The van der Waals surface area contributed by atoms with Gasteiger partial charge in [-0.1, -0.05) is 30.0 Å². The molecule has 2 aliphatic rings. The highest BCUT2D eigenvalue weighted by Crippen LogP contribution is 2.47. The summed E-state index contributed by atoms with van der Waals surface area (Å²) < 4.78 is 17.1. The topological polar surface area (TPSA) is 79.6 Å². The van der Waals surface area contributed by atoms with E-state index >= 15 is 4.39 Å². The molecule has 1 aliphatic carbocycles. The fourth-order valence-corrected chi connectivity index (χ4v) is 6.44. The van der Waals surface area contributed by atoms with Gasteiger partial charge in [0.25, 0.3) is 0 Å². The van der Waals surface area contributed by atoms with Crippen LogP contribution < -0.4 is 0 Å². The third-order valence-electron chi connectivity index (χ3n) is 7.47. The maximum Gasteiger partial charge on any atom is 0.335 e.